The van der Waals surface area contributed by atoms with Crippen LogP contribution in [0.1, 0.15) is 42.6 Å². The summed E-state index contributed by atoms with van der Waals surface area (Å²) < 4.78 is 15.5. The molecule has 0 saturated carbocycles. The van der Waals surface area contributed by atoms with Crippen LogP contribution in [0.4, 0.5) is 0 Å². The Morgan fingerprint density at radius 1 is 1.08 bits per heavy atom. The van der Waals surface area contributed by atoms with Crippen LogP contribution < -0.4 is 10.1 Å². The van der Waals surface area contributed by atoms with E-state index in [4.69, 9.17) is 9.15 Å². The van der Waals surface area contributed by atoms with Gasteiger partial charge in [0.25, 0.3) is 5.91 Å². The zero-order valence-corrected chi connectivity index (χ0v) is 14.9. The molecule has 1 heterocycles. The number of methoxy groups -OCH3 is 1. The number of furan rings is 1. The van der Waals surface area contributed by atoms with Crippen LogP contribution in [0.5, 0.6) is 5.75 Å². The molecule has 1 aromatic heterocycles. The minimum Gasteiger partial charge on any atom is -0.486 e. The first-order valence-electron chi connectivity index (χ1n) is 7.96. The summed E-state index contributed by atoms with van der Waals surface area (Å²) in [7, 11) is 1.25. The van der Waals surface area contributed by atoms with Gasteiger partial charge >= 0.3 is 5.97 Å². The third kappa shape index (κ3) is 5.38. The Bertz CT molecular complexity index is 725. The first-order valence-corrected chi connectivity index (χ1v) is 7.96. The maximum atomic E-state index is 11.8. The van der Waals surface area contributed by atoms with Crippen molar-refractivity contribution in [2.75, 3.05) is 13.7 Å². The molecular weight excluding hydrogens is 322 g/mol. The number of rotatable bonds is 6. The van der Waals surface area contributed by atoms with Gasteiger partial charge in [0.2, 0.25) is 0 Å². The van der Waals surface area contributed by atoms with Crippen molar-refractivity contribution in [3.8, 4) is 5.75 Å². The average Bonchev–Trinajstić information content (AvgIpc) is 3.06. The van der Waals surface area contributed by atoms with E-state index in [1.807, 2.05) is 24.3 Å². The predicted octanol–water partition coefficient (Wildman–Crippen LogP) is 3.06. The number of carbonyl (C=O) groups excluding carboxylic acids is 2. The van der Waals surface area contributed by atoms with E-state index in [0.29, 0.717) is 5.76 Å². The highest BCUT2D eigenvalue weighted by Gasteiger charge is 2.14. The third-order valence-electron chi connectivity index (χ3n) is 3.61. The molecule has 0 unspecified atom stereocenters. The Morgan fingerprint density at radius 2 is 1.76 bits per heavy atom. The summed E-state index contributed by atoms with van der Waals surface area (Å²) in [5.74, 6) is 0.350. The SMILES string of the molecule is COC(=O)CNC(=O)c1ccc(COc2ccc(C(C)(C)C)cc2)o1. The molecule has 6 heteroatoms. The Balaban J connectivity index is 1.89. The molecule has 0 saturated heterocycles. The Labute approximate surface area is 147 Å². The van der Waals surface area contributed by atoms with Crippen molar-refractivity contribution in [3.63, 3.8) is 0 Å². The largest absolute Gasteiger partial charge is 0.486 e. The number of carbonyl (C=O) groups is 2. The quantitative estimate of drug-likeness (QED) is 0.814. The molecule has 0 aliphatic heterocycles. The molecule has 25 heavy (non-hydrogen) atoms. The maximum absolute atomic E-state index is 11.8. The van der Waals surface area contributed by atoms with Crippen LogP contribution in [0.3, 0.4) is 0 Å². The van der Waals surface area contributed by atoms with Crippen LogP contribution in [-0.2, 0) is 21.6 Å². The van der Waals surface area contributed by atoms with Gasteiger partial charge in [-0.25, -0.2) is 0 Å². The summed E-state index contributed by atoms with van der Waals surface area (Å²) in [4.78, 5) is 22.8. The predicted molar refractivity (Wildman–Crippen MR) is 92.5 cm³/mol. The van der Waals surface area contributed by atoms with Crippen LogP contribution in [0.25, 0.3) is 0 Å². The lowest BCUT2D eigenvalue weighted by atomic mass is 9.87. The smallest absolute Gasteiger partial charge is 0.325 e. The highest BCUT2D eigenvalue weighted by Crippen LogP contribution is 2.24. The van der Waals surface area contributed by atoms with E-state index in [2.05, 4.69) is 30.8 Å². The second kappa shape index (κ2) is 7.88. The molecule has 0 aliphatic carbocycles. The fourth-order valence-electron chi connectivity index (χ4n) is 2.09. The number of benzene rings is 1. The summed E-state index contributed by atoms with van der Waals surface area (Å²) >= 11 is 0. The third-order valence-corrected chi connectivity index (χ3v) is 3.61. The van der Waals surface area contributed by atoms with Crippen molar-refractivity contribution >= 4 is 11.9 Å². The zero-order valence-electron chi connectivity index (χ0n) is 14.9. The lowest BCUT2D eigenvalue weighted by Gasteiger charge is -2.19. The van der Waals surface area contributed by atoms with Crippen molar-refractivity contribution in [1.29, 1.82) is 0 Å². The van der Waals surface area contributed by atoms with Crippen molar-refractivity contribution in [1.82, 2.24) is 5.32 Å². The second-order valence-corrected chi connectivity index (χ2v) is 6.59. The van der Waals surface area contributed by atoms with Crippen LogP contribution in [0, 0.1) is 0 Å². The molecule has 6 nitrogen and oxygen atoms in total. The minimum atomic E-state index is -0.526. The van der Waals surface area contributed by atoms with Crippen LogP contribution >= 0.6 is 0 Å². The van der Waals surface area contributed by atoms with Gasteiger partial charge in [-0.1, -0.05) is 32.9 Å². The first-order chi connectivity index (χ1) is 11.8. The van der Waals surface area contributed by atoms with Crippen molar-refractivity contribution in [3.05, 3.63) is 53.5 Å². The van der Waals surface area contributed by atoms with Crippen molar-refractivity contribution in [2.45, 2.75) is 32.8 Å². The number of nitrogens with one attached hydrogen (secondary N) is 1. The average molecular weight is 345 g/mol. The maximum Gasteiger partial charge on any atom is 0.325 e. The molecule has 2 rings (SSSR count). The minimum absolute atomic E-state index is 0.0893. The van der Waals surface area contributed by atoms with E-state index in [1.165, 1.54) is 18.7 Å². The van der Waals surface area contributed by atoms with Crippen LogP contribution in [-0.4, -0.2) is 25.5 Å². The molecule has 1 N–H and O–H groups in total. The molecule has 134 valence electrons. The van der Waals surface area contributed by atoms with E-state index in [1.54, 1.807) is 6.07 Å². The molecular formula is C19H23NO5. The highest BCUT2D eigenvalue weighted by atomic mass is 16.5. The standard InChI is InChI=1S/C19H23NO5/c1-19(2,3)13-5-7-14(8-6-13)24-12-15-9-10-16(25-15)18(22)20-11-17(21)23-4/h5-10H,11-12H2,1-4H3,(H,20,22). The molecule has 0 fully saturated rings. The van der Waals surface area contributed by atoms with Gasteiger partial charge in [0.1, 0.15) is 24.7 Å². The first kappa shape index (κ1) is 18.6. The van der Waals surface area contributed by atoms with Gasteiger partial charge in [-0.15, -0.1) is 0 Å². The summed E-state index contributed by atoms with van der Waals surface area (Å²) in [6.45, 7) is 6.45. The monoisotopic (exact) mass is 345 g/mol. The van der Waals surface area contributed by atoms with Gasteiger partial charge in [0.05, 0.1) is 7.11 Å². The van der Waals surface area contributed by atoms with Gasteiger partial charge < -0.3 is 19.2 Å². The zero-order chi connectivity index (χ0) is 18.4. The second-order valence-electron chi connectivity index (χ2n) is 6.59. The van der Waals surface area contributed by atoms with Gasteiger partial charge in [0, 0.05) is 0 Å². The molecule has 0 spiro atoms. The summed E-state index contributed by atoms with van der Waals surface area (Å²) in [6.07, 6.45) is 0. The number of ether oxygens (including phenoxy) is 2. The number of hydrogen-bond donors (Lipinski definition) is 1. The van der Waals surface area contributed by atoms with Crippen LogP contribution in [0.15, 0.2) is 40.8 Å². The Kier molecular flexibility index (Phi) is 5.85. The van der Waals surface area contributed by atoms with E-state index in [0.717, 1.165) is 5.75 Å². The molecule has 1 amide bonds. The number of amides is 1. The lowest BCUT2D eigenvalue weighted by Crippen LogP contribution is -2.29. The van der Waals surface area contributed by atoms with Crippen LogP contribution in [0.2, 0.25) is 0 Å². The molecule has 1 aromatic carbocycles. The van der Waals surface area contributed by atoms with Gasteiger partial charge in [-0.3, -0.25) is 9.59 Å². The molecule has 0 aliphatic rings. The summed E-state index contributed by atoms with van der Waals surface area (Å²) in [5.41, 5.74) is 1.31. The Morgan fingerprint density at radius 3 is 2.36 bits per heavy atom. The van der Waals surface area contributed by atoms with E-state index >= 15 is 0 Å². The van der Waals surface area contributed by atoms with E-state index in [-0.39, 0.29) is 24.3 Å². The van der Waals surface area contributed by atoms with Gasteiger partial charge in [0.15, 0.2) is 5.76 Å². The van der Waals surface area contributed by atoms with Gasteiger partial charge in [-0.05, 0) is 35.2 Å². The molecule has 0 bridgehead atoms. The van der Waals surface area contributed by atoms with Crippen molar-refractivity contribution < 1.29 is 23.5 Å². The normalized spacial score (nSPS) is 11.0. The molecule has 2 aromatic rings. The van der Waals surface area contributed by atoms with Gasteiger partial charge in [-0.2, -0.15) is 0 Å². The highest BCUT2D eigenvalue weighted by molar-refractivity contribution is 5.93. The molecule has 0 atom stereocenters. The van der Waals surface area contributed by atoms with Crippen molar-refractivity contribution in [2.24, 2.45) is 0 Å². The fraction of sp³-hybridized carbons (Fsp3) is 0.368. The number of hydrogen-bond acceptors (Lipinski definition) is 5. The van der Waals surface area contributed by atoms with E-state index in [9.17, 15) is 9.59 Å². The summed E-state index contributed by atoms with van der Waals surface area (Å²) in [6, 6.07) is 11.1. The lowest BCUT2D eigenvalue weighted by molar-refractivity contribution is -0.139. The summed E-state index contributed by atoms with van der Waals surface area (Å²) in [5, 5.41) is 2.41. The topological polar surface area (TPSA) is 77.8 Å². The molecule has 0 radical (unpaired) electrons. The number of esters is 1. The Hall–Kier alpha value is -2.76. The fourth-order valence-corrected chi connectivity index (χ4v) is 2.09. The van der Waals surface area contributed by atoms with E-state index < -0.39 is 11.9 Å².